The zero-order chi connectivity index (χ0) is 12.4. The van der Waals surface area contributed by atoms with Crippen molar-refractivity contribution in [3.05, 3.63) is 29.8 Å². The molecule has 0 atom stereocenters. The van der Waals surface area contributed by atoms with E-state index < -0.39 is 15.5 Å². The lowest BCUT2D eigenvalue weighted by Crippen LogP contribution is -2.29. The number of carbonyl (C=O) groups excluding carboxylic acids is 1. The molecule has 0 unspecified atom stereocenters. The van der Waals surface area contributed by atoms with Gasteiger partial charge >= 0.3 is 15.5 Å². The van der Waals surface area contributed by atoms with Crippen molar-refractivity contribution in [1.82, 2.24) is 0 Å². The van der Waals surface area contributed by atoms with Crippen molar-refractivity contribution in [3.8, 4) is 0 Å². The standard InChI is InChI=1S/C8H6F3NO3S/c9-8(10,11)16(14,15)12-7-3-1-6(5-13)2-4-7/h1-5,12H. The van der Waals surface area contributed by atoms with E-state index in [1.807, 2.05) is 0 Å². The molecular formula is C8H6F3NO3S. The number of halogens is 3. The van der Waals surface area contributed by atoms with Crippen LogP contribution < -0.4 is 4.72 Å². The van der Waals surface area contributed by atoms with E-state index in [9.17, 15) is 26.4 Å². The van der Waals surface area contributed by atoms with Crippen LogP contribution >= 0.6 is 0 Å². The second-order valence-electron chi connectivity index (χ2n) is 2.79. The molecule has 8 heteroatoms. The molecule has 0 saturated carbocycles. The predicted molar refractivity (Wildman–Crippen MR) is 50.4 cm³/mol. The van der Waals surface area contributed by atoms with Crippen LogP contribution in [-0.2, 0) is 10.0 Å². The normalized spacial score (nSPS) is 12.2. The first kappa shape index (κ1) is 12.5. The van der Waals surface area contributed by atoms with Gasteiger partial charge in [-0.3, -0.25) is 9.52 Å². The van der Waals surface area contributed by atoms with Gasteiger partial charge in [0.05, 0.1) is 0 Å². The van der Waals surface area contributed by atoms with Crippen molar-refractivity contribution in [2.45, 2.75) is 5.51 Å². The molecule has 0 saturated heterocycles. The highest BCUT2D eigenvalue weighted by Gasteiger charge is 2.45. The summed E-state index contributed by atoms with van der Waals surface area (Å²) in [6, 6.07) is 4.52. The summed E-state index contributed by atoms with van der Waals surface area (Å²) < 4.78 is 58.6. The largest absolute Gasteiger partial charge is 0.516 e. The summed E-state index contributed by atoms with van der Waals surface area (Å²) in [5.41, 5.74) is -5.39. The zero-order valence-corrected chi connectivity index (χ0v) is 8.47. The molecule has 88 valence electrons. The molecule has 0 radical (unpaired) electrons. The monoisotopic (exact) mass is 253 g/mol. The van der Waals surface area contributed by atoms with Crippen LogP contribution in [0, 0.1) is 0 Å². The van der Waals surface area contributed by atoms with E-state index in [-0.39, 0.29) is 11.3 Å². The smallest absolute Gasteiger partial charge is 0.298 e. The first-order valence-electron chi connectivity index (χ1n) is 3.90. The number of hydrogen-bond donors (Lipinski definition) is 1. The summed E-state index contributed by atoms with van der Waals surface area (Å²) in [5, 5.41) is 0. The van der Waals surface area contributed by atoms with Crippen LogP contribution in [0.25, 0.3) is 0 Å². The van der Waals surface area contributed by atoms with E-state index in [0.717, 1.165) is 12.1 Å². The molecule has 0 aliphatic rings. The van der Waals surface area contributed by atoms with Crippen LogP contribution in [0.5, 0.6) is 0 Å². The third-order valence-electron chi connectivity index (χ3n) is 1.60. The minimum Gasteiger partial charge on any atom is -0.298 e. The first-order chi connectivity index (χ1) is 7.26. The average Bonchev–Trinajstić information content (AvgIpc) is 2.16. The Morgan fingerprint density at radius 3 is 2.00 bits per heavy atom. The van der Waals surface area contributed by atoms with Crippen LogP contribution in [0.4, 0.5) is 18.9 Å². The molecule has 0 aromatic heterocycles. The molecule has 0 bridgehead atoms. The zero-order valence-electron chi connectivity index (χ0n) is 7.65. The van der Waals surface area contributed by atoms with E-state index in [1.54, 1.807) is 0 Å². The van der Waals surface area contributed by atoms with Crippen molar-refractivity contribution < 1.29 is 26.4 Å². The van der Waals surface area contributed by atoms with Gasteiger partial charge in [0.2, 0.25) is 0 Å². The number of nitrogens with one attached hydrogen (secondary N) is 1. The van der Waals surface area contributed by atoms with Crippen molar-refractivity contribution >= 4 is 22.0 Å². The van der Waals surface area contributed by atoms with E-state index in [2.05, 4.69) is 0 Å². The van der Waals surface area contributed by atoms with Crippen LogP contribution in [-0.4, -0.2) is 20.2 Å². The van der Waals surface area contributed by atoms with E-state index in [0.29, 0.717) is 6.29 Å². The molecule has 0 aliphatic heterocycles. The molecule has 16 heavy (non-hydrogen) atoms. The number of sulfonamides is 1. The van der Waals surface area contributed by atoms with Crippen molar-refractivity contribution in [1.29, 1.82) is 0 Å². The molecule has 0 spiro atoms. The fraction of sp³-hybridized carbons (Fsp3) is 0.125. The molecule has 1 aromatic carbocycles. The number of hydrogen-bond acceptors (Lipinski definition) is 3. The maximum Gasteiger partial charge on any atom is 0.516 e. The Morgan fingerprint density at radius 1 is 1.12 bits per heavy atom. The van der Waals surface area contributed by atoms with E-state index in [4.69, 9.17) is 0 Å². The number of aldehydes is 1. The Hall–Kier alpha value is -1.57. The highest BCUT2D eigenvalue weighted by Crippen LogP contribution is 2.25. The lowest BCUT2D eigenvalue weighted by Gasteiger charge is -2.10. The van der Waals surface area contributed by atoms with Gasteiger partial charge in [-0.15, -0.1) is 0 Å². The Bertz CT molecular complexity index is 478. The third-order valence-corrected chi connectivity index (χ3v) is 2.72. The van der Waals surface area contributed by atoms with Crippen molar-refractivity contribution in [2.24, 2.45) is 0 Å². The van der Waals surface area contributed by atoms with E-state index in [1.165, 1.54) is 16.9 Å². The Labute approximate surface area is 89.1 Å². The van der Waals surface area contributed by atoms with Gasteiger partial charge in [0.25, 0.3) is 0 Å². The minimum absolute atomic E-state index is 0.231. The lowest BCUT2D eigenvalue weighted by molar-refractivity contribution is -0.0429. The van der Waals surface area contributed by atoms with Crippen molar-refractivity contribution in [2.75, 3.05) is 4.72 Å². The Kier molecular flexibility index (Phi) is 3.22. The van der Waals surface area contributed by atoms with Gasteiger partial charge < -0.3 is 0 Å². The SMILES string of the molecule is O=Cc1ccc(NS(=O)(=O)C(F)(F)F)cc1. The number of anilines is 1. The molecule has 0 amide bonds. The number of carbonyl (C=O) groups is 1. The molecule has 1 N–H and O–H groups in total. The highest BCUT2D eigenvalue weighted by atomic mass is 32.2. The highest BCUT2D eigenvalue weighted by molar-refractivity contribution is 7.93. The Balaban J connectivity index is 2.93. The third kappa shape index (κ3) is 2.72. The maximum atomic E-state index is 12.0. The summed E-state index contributed by atoms with van der Waals surface area (Å²) in [6.45, 7) is 0. The molecule has 0 aliphatic carbocycles. The first-order valence-corrected chi connectivity index (χ1v) is 5.39. The maximum absolute atomic E-state index is 12.0. The molecule has 0 fully saturated rings. The second-order valence-corrected chi connectivity index (χ2v) is 4.47. The van der Waals surface area contributed by atoms with Gasteiger partial charge in [-0.1, -0.05) is 0 Å². The van der Waals surface area contributed by atoms with Crippen LogP contribution in [0.3, 0.4) is 0 Å². The van der Waals surface area contributed by atoms with Gasteiger partial charge in [-0.05, 0) is 24.3 Å². The summed E-state index contributed by atoms with van der Waals surface area (Å²) >= 11 is 0. The lowest BCUT2D eigenvalue weighted by atomic mass is 10.2. The van der Waals surface area contributed by atoms with Gasteiger partial charge in [0.1, 0.15) is 6.29 Å². The van der Waals surface area contributed by atoms with Crippen LogP contribution in [0.2, 0.25) is 0 Å². The predicted octanol–water partition coefficient (Wildman–Crippen LogP) is 1.76. The summed E-state index contributed by atoms with van der Waals surface area (Å²) in [7, 11) is -5.41. The number of rotatable bonds is 3. The van der Waals surface area contributed by atoms with Crippen molar-refractivity contribution in [3.63, 3.8) is 0 Å². The average molecular weight is 253 g/mol. The topological polar surface area (TPSA) is 63.2 Å². The molecule has 1 aromatic rings. The number of benzene rings is 1. The summed E-state index contributed by atoms with van der Waals surface area (Å²) in [5.74, 6) is 0. The van der Waals surface area contributed by atoms with Crippen LogP contribution in [0.1, 0.15) is 10.4 Å². The quantitative estimate of drug-likeness (QED) is 0.835. The summed E-state index contributed by atoms with van der Waals surface area (Å²) in [6.07, 6.45) is 0.488. The van der Waals surface area contributed by atoms with E-state index >= 15 is 0 Å². The molecular weight excluding hydrogens is 247 g/mol. The number of alkyl halides is 3. The molecule has 4 nitrogen and oxygen atoms in total. The van der Waals surface area contributed by atoms with Gasteiger partial charge in [-0.25, -0.2) is 0 Å². The Morgan fingerprint density at radius 2 is 1.62 bits per heavy atom. The van der Waals surface area contributed by atoms with Crippen LogP contribution in [0.15, 0.2) is 24.3 Å². The van der Waals surface area contributed by atoms with Gasteiger partial charge in [-0.2, -0.15) is 21.6 Å². The van der Waals surface area contributed by atoms with Gasteiger partial charge in [0, 0.05) is 11.3 Å². The summed E-state index contributed by atoms with van der Waals surface area (Å²) in [4.78, 5) is 10.2. The fourth-order valence-electron chi connectivity index (χ4n) is 0.843. The fourth-order valence-corrected chi connectivity index (χ4v) is 1.40. The molecule has 0 heterocycles. The molecule has 1 rings (SSSR count). The second kappa shape index (κ2) is 4.12. The minimum atomic E-state index is -5.41. The van der Waals surface area contributed by atoms with Gasteiger partial charge in [0.15, 0.2) is 0 Å².